The second-order valence-corrected chi connectivity index (χ2v) is 6.46. The van der Waals surface area contributed by atoms with E-state index in [9.17, 15) is 9.90 Å². The van der Waals surface area contributed by atoms with Crippen molar-refractivity contribution in [2.75, 3.05) is 6.54 Å². The molecule has 1 aromatic carbocycles. The van der Waals surface area contributed by atoms with E-state index in [0.717, 1.165) is 0 Å². The maximum atomic E-state index is 11.9. The fourth-order valence-electron chi connectivity index (χ4n) is 1.54. The minimum atomic E-state index is -0.462. The van der Waals surface area contributed by atoms with Gasteiger partial charge in [0.05, 0.1) is 6.10 Å². The van der Waals surface area contributed by atoms with Gasteiger partial charge in [-0.1, -0.05) is 44.0 Å². The molecule has 1 amide bonds. The van der Waals surface area contributed by atoms with Gasteiger partial charge in [-0.3, -0.25) is 4.79 Å². The Morgan fingerprint density at radius 3 is 2.26 bits per heavy atom. The summed E-state index contributed by atoms with van der Waals surface area (Å²) in [6.07, 6.45) is 0.0412. The van der Waals surface area contributed by atoms with Crippen LogP contribution in [0.25, 0.3) is 0 Å². The second kappa shape index (κ2) is 6.60. The number of carbonyl (C=O) groups excluding carboxylic acids is 1. The number of hydrogen-bond acceptors (Lipinski definition) is 2. The topological polar surface area (TPSA) is 49.3 Å². The number of amides is 1. The van der Waals surface area contributed by atoms with E-state index in [0.29, 0.717) is 28.6 Å². The van der Waals surface area contributed by atoms with Gasteiger partial charge < -0.3 is 10.4 Å². The maximum Gasteiger partial charge on any atom is 0.251 e. The average molecular weight is 304 g/mol. The van der Waals surface area contributed by atoms with E-state index in [2.05, 4.69) is 5.32 Å². The highest BCUT2D eigenvalue weighted by Crippen LogP contribution is 2.21. The Hall–Kier alpha value is -0.770. The Balaban J connectivity index is 2.52. The van der Waals surface area contributed by atoms with Gasteiger partial charge in [0.1, 0.15) is 0 Å². The van der Waals surface area contributed by atoms with E-state index in [1.807, 2.05) is 20.8 Å². The van der Waals surface area contributed by atoms with Gasteiger partial charge in [-0.25, -0.2) is 0 Å². The molecule has 1 rings (SSSR count). The summed E-state index contributed by atoms with van der Waals surface area (Å²) in [5.41, 5.74) is 0.229. The molecule has 3 nitrogen and oxygen atoms in total. The van der Waals surface area contributed by atoms with Gasteiger partial charge in [-0.2, -0.15) is 0 Å². The van der Waals surface area contributed by atoms with Crippen LogP contribution in [-0.2, 0) is 0 Å². The fraction of sp³-hybridized carbons (Fsp3) is 0.500. The van der Waals surface area contributed by atoms with Gasteiger partial charge >= 0.3 is 0 Å². The number of aliphatic hydroxyl groups is 1. The highest BCUT2D eigenvalue weighted by Gasteiger charge is 2.21. The minimum Gasteiger partial charge on any atom is -0.393 e. The summed E-state index contributed by atoms with van der Waals surface area (Å²) in [5.74, 6) is -0.245. The van der Waals surface area contributed by atoms with E-state index >= 15 is 0 Å². The zero-order valence-corrected chi connectivity index (χ0v) is 12.8. The number of carbonyl (C=O) groups is 1. The molecule has 0 aliphatic carbocycles. The van der Waals surface area contributed by atoms with Crippen LogP contribution < -0.4 is 5.32 Å². The van der Waals surface area contributed by atoms with Gasteiger partial charge in [0.2, 0.25) is 0 Å². The summed E-state index contributed by atoms with van der Waals surface area (Å²) in [7, 11) is 0. The second-order valence-electron chi connectivity index (χ2n) is 5.58. The maximum absolute atomic E-state index is 11.9. The monoisotopic (exact) mass is 303 g/mol. The van der Waals surface area contributed by atoms with Crippen LogP contribution in [0.15, 0.2) is 18.2 Å². The number of benzene rings is 1. The van der Waals surface area contributed by atoms with Crippen molar-refractivity contribution in [2.24, 2.45) is 5.41 Å². The summed E-state index contributed by atoms with van der Waals surface area (Å²) in [4.78, 5) is 11.9. The van der Waals surface area contributed by atoms with Crippen molar-refractivity contribution in [3.63, 3.8) is 0 Å². The Morgan fingerprint density at radius 2 is 1.79 bits per heavy atom. The summed E-state index contributed by atoms with van der Waals surface area (Å²) >= 11 is 11.7. The van der Waals surface area contributed by atoms with Gasteiger partial charge in [-0.05, 0) is 30.0 Å². The van der Waals surface area contributed by atoms with Crippen LogP contribution in [0.3, 0.4) is 0 Å². The van der Waals surface area contributed by atoms with E-state index in [1.54, 1.807) is 18.2 Å². The Bertz CT molecular complexity index is 435. The molecule has 2 N–H and O–H groups in total. The molecular formula is C14H19Cl2NO2. The van der Waals surface area contributed by atoms with Crippen LogP contribution in [0.5, 0.6) is 0 Å². The van der Waals surface area contributed by atoms with Crippen LogP contribution in [0.2, 0.25) is 10.0 Å². The van der Waals surface area contributed by atoms with Crippen LogP contribution in [0, 0.1) is 5.41 Å². The van der Waals surface area contributed by atoms with Crippen molar-refractivity contribution in [2.45, 2.75) is 33.3 Å². The van der Waals surface area contributed by atoms with Gasteiger partial charge in [0.25, 0.3) is 5.91 Å². The van der Waals surface area contributed by atoms with Crippen LogP contribution in [0.4, 0.5) is 0 Å². The predicted molar refractivity (Wildman–Crippen MR) is 78.9 cm³/mol. The quantitative estimate of drug-likeness (QED) is 0.894. The smallest absolute Gasteiger partial charge is 0.251 e. The average Bonchev–Trinajstić information content (AvgIpc) is 2.26. The SMILES string of the molecule is CC(C)(C)C(O)CCNC(=O)c1cc(Cl)cc(Cl)c1. The molecule has 1 unspecified atom stereocenters. The molecule has 5 heteroatoms. The van der Waals surface area contributed by atoms with Gasteiger partial charge in [0, 0.05) is 22.2 Å². The lowest BCUT2D eigenvalue weighted by Gasteiger charge is -2.25. The van der Waals surface area contributed by atoms with Crippen molar-refractivity contribution >= 4 is 29.1 Å². The predicted octanol–water partition coefficient (Wildman–Crippen LogP) is 3.52. The summed E-state index contributed by atoms with van der Waals surface area (Å²) in [6.45, 7) is 6.27. The minimum absolute atomic E-state index is 0.190. The highest BCUT2D eigenvalue weighted by molar-refractivity contribution is 6.35. The lowest BCUT2D eigenvalue weighted by molar-refractivity contribution is 0.0551. The van der Waals surface area contributed by atoms with Crippen molar-refractivity contribution in [1.82, 2.24) is 5.32 Å². The molecule has 1 aromatic rings. The molecule has 0 aromatic heterocycles. The lowest BCUT2D eigenvalue weighted by atomic mass is 9.87. The number of halogens is 2. The first kappa shape index (κ1) is 16.3. The third-order valence-electron chi connectivity index (χ3n) is 2.83. The number of hydrogen-bond donors (Lipinski definition) is 2. The molecule has 0 fully saturated rings. The van der Waals surface area contributed by atoms with Crippen LogP contribution in [0.1, 0.15) is 37.6 Å². The standard InChI is InChI=1S/C14H19Cl2NO2/c1-14(2,3)12(18)4-5-17-13(19)9-6-10(15)8-11(16)7-9/h6-8,12,18H,4-5H2,1-3H3,(H,17,19). The fourth-order valence-corrected chi connectivity index (χ4v) is 2.07. The molecule has 0 aliphatic heterocycles. The molecule has 0 aliphatic rings. The van der Waals surface area contributed by atoms with Crippen LogP contribution in [-0.4, -0.2) is 23.7 Å². The first-order valence-electron chi connectivity index (χ1n) is 6.12. The first-order chi connectivity index (χ1) is 8.70. The zero-order valence-electron chi connectivity index (χ0n) is 11.3. The number of rotatable bonds is 4. The van der Waals surface area contributed by atoms with E-state index in [4.69, 9.17) is 23.2 Å². The molecule has 0 bridgehead atoms. The number of nitrogens with one attached hydrogen (secondary N) is 1. The third kappa shape index (κ3) is 5.39. The molecule has 1 atom stereocenters. The largest absolute Gasteiger partial charge is 0.393 e. The molecule has 0 saturated heterocycles. The van der Waals surface area contributed by atoms with E-state index in [-0.39, 0.29) is 11.3 Å². The number of aliphatic hydroxyl groups excluding tert-OH is 1. The molecule has 0 saturated carbocycles. The third-order valence-corrected chi connectivity index (χ3v) is 3.26. The molecule has 106 valence electrons. The van der Waals surface area contributed by atoms with Crippen molar-refractivity contribution < 1.29 is 9.90 Å². The van der Waals surface area contributed by atoms with Crippen LogP contribution >= 0.6 is 23.2 Å². The van der Waals surface area contributed by atoms with E-state index in [1.165, 1.54) is 0 Å². The normalized spacial score (nSPS) is 13.2. The lowest BCUT2D eigenvalue weighted by Crippen LogP contribution is -2.32. The molecule has 0 radical (unpaired) electrons. The first-order valence-corrected chi connectivity index (χ1v) is 6.88. The van der Waals surface area contributed by atoms with Crippen molar-refractivity contribution in [3.05, 3.63) is 33.8 Å². The molecular weight excluding hydrogens is 285 g/mol. The summed E-state index contributed by atoms with van der Waals surface area (Å²) < 4.78 is 0. The Morgan fingerprint density at radius 1 is 1.26 bits per heavy atom. The molecule has 0 heterocycles. The Labute approximate surface area is 123 Å². The van der Waals surface area contributed by atoms with E-state index < -0.39 is 6.10 Å². The zero-order chi connectivity index (χ0) is 14.6. The highest BCUT2D eigenvalue weighted by atomic mass is 35.5. The van der Waals surface area contributed by atoms with Gasteiger partial charge in [-0.15, -0.1) is 0 Å². The van der Waals surface area contributed by atoms with Gasteiger partial charge in [0.15, 0.2) is 0 Å². The summed E-state index contributed by atoms with van der Waals surface area (Å²) in [5, 5.41) is 13.5. The van der Waals surface area contributed by atoms with Crippen molar-refractivity contribution in [1.29, 1.82) is 0 Å². The summed E-state index contributed by atoms with van der Waals surface area (Å²) in [6, 6.07) is 4.69. The van der Waals surface area contributed by atoms with Crippen molar-refractivity contribution in [3.8, 4) is 0 Å². The molecule has 19 heavy (non-hydrogen) atoms. The molecule has 0 spiro atoms. The Kier molecular flexibility index (Phi) is 5.65.